The molecule has 392 valence electrons. The minimum absolute atomic E-state index is 0.0743. The van der Waals surface area contributed by atoms with Crippen LogP contribution in [-0.4, -0.2) is 37.2 Å². The first kappa shape index (κ1) is 64.6. The minimum Gasteiger partial charge on any atom is -0.462 e. The van der Waals surface area contributed by atoms with E-state index in [1.54, 1.807) is 0 Å². The van der Waals surface area contributed by atoms with E-state index in [9.17, 15) is 14.4 Å². The van der Waals surface area contributed by atoms with Crippen molar-refractivity contribution in [1.29, 1.82) is 0 Å². The smallest absolute Gasteiger partial charge is 0.306 e. The number of ether oxygens (including phenoxy) is 3. The topological polar surface area (TPSA) is 78.9 Å². The second-order valence-corrected chi connectivity index (χ2v) is 19.9. The van der Waals surface area contributed by atoms with Crippen LogP contribution in [-0.2, 0) is 28.6 Å². The lowest BCUT2D eigenvalue weighted by atomic mass is 10.0. The van der Waals surface area contributed by atoms with Gasteiger partial charge in [-0.25, -0.2) is 0 Å². The number of hydrogen-bond acceptors (Lipinski definition) is 6. The van der Waals surface area contributed by atoms with E-state index >= 15 is 0 Å². The molecule has 0 heterocycles. The predicted octanol–water partition coefficient (Wildman–Crippen LogP) is 19.7. The van der Waals surface area contributed by atoms with E-state index < -0.39 is 6.10 Å². The fraction of sp³-hybridized carbons (Fsp3) is 0.852. The Kier molecular flexibility index (Phi) is 54.2. The van der Waals surface area contributed by atoms with Crippen LogP contribution < -0.4 is 0 Å². The van der Waals surface area contributed by atoms with Crippen molar-refractivity contribution in [2.24, 2.45) is 0 Å². The highest BCUT2D eigenvalue weighted by atomic mass is 16.6. The lowest BCUT2D eigenvalue weighted by Gasteiger charge is -2.18. The first-order valence-corrected chi connectivity index (χ1v) is 29.5. The highest BCUT2D eigenvalue weighted by molar-refractivity contribution is 5.71. The van der Waals surface area contributed by atoms with E-state index in [0.717, 1.165) is 96.3 Å². The number of esters is 3. The molecule has 0 aromatic heterocycles. The van der Waals surface area contributed by atoms with Crippen molar-refractivity contribution in [3.05, 3.63) is 36.5 Å². The average Bonchev–Trinajstić information content (AvgIpc) is 3.33. The summed E-state index contributed by atoms with van der Waals surface area (Å²) in [5, 5.41) is 0. The summed E-state index contributed by atoms with van der Waals surface area (Å²) in [5.41, 5.74) is 0. The number of rotatable bonds is 54. The molecule has 0 aliphatic carbocycles. The molecule has 0 aromatic carbocycles. The summed E-state index contributed by atoms with van der Waals surface area (Å²) in [7, 11) is 0. The van der Waals surface area contributed by atoms with Crippen LogP contribution >= 0.6 is 0 Å². The quantitative estimate of drug-likeness (QED) is 0.0262. The van der Waals surface area contributed by atoms with Gasteiger partial charge in [-0.15, -0.1) is 0 Å². The molecule has 0 aromatic rings. The van der Waals surface area contributed by atoms with Gasteiger partial charge in [0.15, 0.2) is 6.10 Å². The monoisotopic (exact) mass is 941 g/mol. The molecule has 0 rings (SSSR count). The Hall–Kier alpha value is -2.37. The standard InChI is InChI=1S/C61H112O6/c1-4-7-10-13-16-19-22-25-28-29-30-31-34-36-39-42-45-48-51-54-60(63)66-57-58(67-61(64)55-52-49-46-43-40-37-33-27-24-21-18-15-12-9-6-3)56-65-59(62)53-50-47-44-41-38-35-32-26-23-20-17-14-11-8-5-2/h9,12,18,21,27,33,58H,4-8,10-11,13-17,19-20,22-26,28-32,34-57H2,1-3H3/b12-9+,21-18+,33-27+/t58-/m1/s1. The highest BCUT2D eigenvalue weighted by Crippen LogP contribution is 2.17. The maximum atomic E-state index is 12.8. The number of allylic oxidation sites excluding steroid dienone is 6. The van der Waals surface area contributed by atoms with Crippen LogP contribution in [0.1, 0.15) is 316 Å². The van der Waals surface area contributed by atoms with Gasteiger partial charge in [-0.1, -0.05) is 282 Å². The summed E-state index contributed by atoms with van der Waals surface area (Å²) in [4.78, 5) is 38.2. The average molecular weight is 942 g/mol. The Morgan fingerprint density at radius 3 is 0.910 bits per heavy atom. The molecule has 0 spiro atoms. The molecule has 6 nitrogen and oxygen atoms in total. The Balaban J connectivity index is 4.32. The van der Waals surface area contributed by atoms with Crippen molar-refractivity contribution >= 4 is 17.9 Å². The van der Waals surface area contributed by atoms with Gasteiger partial charge in [-0.3, -0.25) is 14.4 Å². The number of carbonyl (C=O) groups excluding carboxylic acids is 3. The molecule has 6 heteroatoms. The van der Waals surface area contributed by atoms with Gasteiger partial charge in [0.05, 0.1) is 0 Å². The van der Waals surface area contributed by atoms with E-state index in [1.165, 1.54) is 180 Å². The van der Waals surface area contributed by atoms with E-state index in [1.807, 2.05) is 0 Å². The normalized spacial score (nSPS) is 12.2. The molecule has 0 fully saturated rings. The fourth-order valence-corrected chi connectivity index (χ4v) is 8.75. The van der Waals surface area contributed by atoms with Gasteiger partial charge in [-0.2, -0.15) is 0 Å². The Bertz CT molecular complexity index is 1130. The van der Waals surface area contributed by atoms with E-state index in [2.05, 4.69) is 57.2 Å². The summed E-state index contributed by atoms with van der Waals surface area (Å²) in [5.74, 6) is -0.870. The van der Waals surface area contributed by atoms with Crippen molar-refractivity contribution in [3.63, 3.8) is 0 Å². The lowest BCUT2D eigenvalue weighted by Crippen LogP contribution is -2.30. The maximum Gasteiger partial charge on any atom is 0.306 e. The highest BCUT2D eigenvalue weighted by Gasteiger charge is 2.19. The van der Waals surface area contributed by atoms with Gasteiger partial charge in [-0.05, 0) is 51.4 Å². The Labute approximate surface area is 416 Å². The predicted molar refractivity (Wildman–Crippen MR) is 289 cm³/mol. The van der Waals surface area contributed by atoms with Gasteiger partial charge in [0.2, 0.25) is 0 Å². The number of carbonyl (C=O) groups is 3. The van der Waals surface area contributed by atoms with Crippen LogP contribution in [0.4, 0.5) is 0 Å². The molecule has 0 saturated carbocycles. The van der Waals surface area contributed by atoms with Crippen LogP contribution in [0.2, 0.25) is 0 Å². The first-order valence-electron chi connectivity index (χ1n) is 29.5. The van der Waals surface area contributed by atoms with Crippen LogP contribution in [0, 0.1) is 0 Å². The van der Waals surface area contributed by atoms with E-state index in [-0.39, 0.29) is 31.1 Å². The molecule has 0 radical (unpaired) electrons. The van der Waals surface area contributed by atoms with Crippen molar-refractivity contribution in [2.75, 3.05) is 13.2 Å². The molecular formula is C61H112O6. The van der Waals surface area contributed by atoms with E-state index in [4.69, 9.17) is 14.2 Å². The van der Waals surface area contributed by atoms with Crippen LogP contribution in [0.25, 0.3) is 0 Å². The second-order valence-electron chi connectivity index (χ2n) is 19.9. The van der Waals surface area contributed by atoms with Crippen molar-refractivity contribution in [1.82, 2.24) is 0 Å². The Morgan fingerprint density at radius 2 is 0.582 bits per heavy atom. The molecule has 0 bridgehead atoms. The molecule has 0 aliphatic rings. The summed E-state index contributed by atoms with van der Waals surface area (Å²) in [6, 6.07) is 0. The number of unbranched alkanes of at least 4 members (excludes halogenated alkanes) is 37. The van der Waals surface area contributed by atoms with Gasteiger partial charge in [0, 0.05) is 19.3 Å². The summed E-state index contributed by atoms with van der Waals surface area (Å²) >= 11 is 0. The van der Waals surface area contributed by atoms with Crippen LogP contribution in [0.3, 0.4) is 0 Å². The molecule has 0 saturated heterocycles. The zero-order chi connectivity index (χ0) is 48.6. The molecular weight excluding hydrogens is 829 g/mol. The van der Waals surface area contributed by atoms with E-state index in [0.29, 0.717) is 19.3 Å². The third-order valence-corrected chi connectivity index (χ3v) is 13.2. The molecule has 0 aliphatic heterocycles. The van der Waals surface area contributed by atoms with Gasteiger partial charge in [0.1, 0.15) is 13.2 Å². The van der Waals surface area contributed by atoms with Gasteiger partial charge >= 0.3 is 17.9 Å². The van der Waals surface area contributed by atoms with Crippen LogP contribution in [0.5, 0.6) is 0 Å². The summed E-state index contributed by atoms with van der Waals surface area (Å²) in [6.45, 7) is 6.57. The third kappa shape index (κ3) is 54.4. The maximum absolute atomic E-state index is 12.8. The number of hydrogen-bond donors (Lipinski definition) is 0. The summed E-state index contributed by atoms with van der Waals surface area (Å²) < 4.78 is 16.9. The molecule has 0 N–H and O–H groups in total. The second kappa shape index (κ2) is 56.2. The van der Waals surface area contributed by atoms with Crippen molar-refractivity contribution < 1.29 is 28.6 Å². The zero-order valence-electron chi connectivity index (χ0n) is 44.9. The zero-order valence-corrected chi connectivity index (χ0v) is 44.9. The largest absolute Gasteiger partial charge is 0.462 e. The molecule has 1 atom stereocenters. The third-order valence-electron chi connectivity index (χ3n) is 13.2. The SMILES string of the molecule is CC/C=C/C/C=C/C/C=C/CCCCCCCC(=O)O[C@H](COC(=O)CCCCCCCCCCCCCCCCC)COC(=O)CCCCCCCCCCCCCCCCCCCCC. The minimum atomic E-state index is -0.777. The molecule has 0 unspecified atom stereocenters. The fourth-order valence-electron chi connectivity index (χ4n) is 8.75. The van der Waals surface area contributed by atoms with Gasteiger partial charge < -0.3 is 14.2 Å². The lowest BCUT2D eigenvalue weighted by molar-refractivity contribution is -0.167. The molecule has 0 amide bonds. The Morgan fingerprint density at radius 1 is 0.313 bits per heavy atom. The van der Waals surface area contributed by atoms with Crippen molar-refractivity contribution in [3.8, 4) is 0 Å². The molecule has 67 heavy (non-hydrogen) atoms. The summed E-state index contributed by atoms with van der Waals surface area (Å²) in [6.07, 6.45) is 67.1. The first-order chi connectivity index (χ1) is 33.0. The van der Waals surface area contributed by atoms with Gasteiger partial charge in [0.25, 0.3) is 0 Å². The van der Waals surface area contributed by atoms with Crippen LogP contribution in [0.15, 0.2) is 36.5 Å². The van der Waals surface area contributed by atoms with Crippen molar-refractivity contribution in [2.45, 2.75) is 322 Å².